The van der Waals surface area contributed by atoms with E-state index in [1.165, 1.54) is 0 Å². The molecule has 0 spiro atoms. The average molecular weight is 416 g/mol. The molecule has 2 aromatic rings. The molecule has 0 aliphatic carbocycles. The second kappa shape index (κ2) is 8.29. The Hall–Kier alpha value is -2.80. The van der Waals surface area contributed by atoms with Gasteiger partial charge >= 0.3 is 0 Å². The molecule has 0 radical (unpaired) electrons. The van der Waals surface area contributed by atoms with E-state index in [9.17, 15) is 9.59 Å². The van der Waals surface area contributed by atoms with Crippen LogP contribution in [0.25, 0.3) is 0 Å². The number of likely N-dealkylation sites (tertiary alicyclic amines) is 1. The van der Waals surface area contributed by atoms with Crippen molar-refractivity contribution in [3.05, 3.63) is 46.7 Å². The van der Waals surface area contributed by atoms with Crippen molar-refractivity contribution in [3.8, 4) is 11.5 Å². The number of nitrogens with zero attached hydrogens (tertiary/aromatic N) is 2. The Kier molecular flexibility index (Phi) is 5.58. The summed E-state index contributed by atoms with van der Waals surface area (Å²) in [6.07, 6.45) is 1.71. The number of fused-ring (bicyclic) bond motifs is 1. The number of benzene rings is 1. The standard InChI is InChI=1S/C21H22ClN3O4/c1-13-2-4-18(20(22)23-13)28-11-14-6-8-25(9-7-14)21(27)15-3-5-17-16(10-15)24-19(26)12-29-17/h2-5,10,14H,6-9,11-12H2,1H3,(H,24,26). The first-order valence-electron chi connectivity index (χ1n) is 9.61. The summed E-state index contributed by atoms with van der Waals surface area (Å²) < 4.78 is 11.2. The van der Waals surface area contributed by atoms with Gasteiger partial charge in [-0.2, -0.15) is 0 Å². The van der Waals surface area contributed by atoms with E-state index in [4.69, 9.17) is 21.1 Å². The van der Waals surface area contributed by atoms with Gasteiger partial charge in [0.25, 0.3) is 11.8 Å². The third-order valence-corrected chi connectivity index (χ3v) is 5.46. The van der Waals surface area contributed by atoms with E-state index in [0.29, 0.717) is 53.5 Å². The van der Waals surface area contributed by atoms with Crippen molar-refractivity contribution >= 4 is 29.1 Å². The minimum atomic E-state index is -0.216. The van der Waals surface area contributed by atoms with Crippen molar-refractivity contribution in [1.82, 2.24) is 9.88 Å². The Bertz CT molecular complexity index is 942. The highest BCUT2D eigenvalue weighted by Gasteiger charge is 2.26. The lowest BCUT2D eigenvalue weighted by Gasteiger charge is -2.32. The van der Waals surface area contributed by atoms with Gasteiger partial charge in [-0.3, -0.25) is 9.59 Å². The van der Waals surface area contributed by atoms with Crippen molar-refractivity contribution in [1.29, 1.82) is 0 Å². The normalized spacial score (nSPS) is 16.6. The number of hydrogen-bond acceptors (Lipinski definition) is 5. The van der Waals surface area contributed by atoms with E-state index in [1.54, 1.807) is 18.2 Å². The molecular formula is C21H22ClN3O4. The predicted octanol–water partition coefficient (Wildman–Crippen LogP) is 3.31. The van der Waals surface area contributed by atoms with Gasteiger partial charge in [-0.15, -0.1) is 0 Å². The Morgan fingerprint density at radius 1 is 1.31 bits per heavy atom. The molecule has 7 nitrogen and oxygen atoms in total. The van der Waals surface area contributed by atoms with Gasteiger partial charge in [0.15, 0.2) is 17.5 Å². The minimum Gasteiger partial charge on any atom is -0.490 e. The van der Waals surface area contributed by atoms with Gasteiger partial charge in [-0.25, -0.2) is 4.98 Å². The molecule has 2 amide bonds. The highest BCUT2D eigenvalue weighted by Crippen LogP contribution is 2.30. The smallest absolute Gasteiger partial charge is 0.262 e. The third-order valence-electron chi connectivity index (χ3n) is 5.19. The first-order chi connectivity index (χ1) is 14.0. The molecule has 2 aliphatic rings. The molecule has 0 atom stereocenters. The highest BCUT2D eigenvalue weighted by atomic mass is 35.5. The number of pyridine rings is 1. The Balaban J connectivity index is 1.32. The van der Waals surface area contributed by atoms with Crippen molar-refractivity contribution in [3.63, 3.8) is 0 Å². The van der Waals surface area contributed by atoms with E-state index < -0.39 is 0 Å². The summed E-state index contributed by atoms with van der Waals surface area (Å²) >= 11 is 6.12. The number of rotatable bonds is 4. The molecular weight excluding hydrogens is 394 g/mol. The molecule has 152 valence electrons. The topological polar surface area (TPSA) is 80.8 Å². The van der Waals surface area contributed by atoms with Crippen LogP contribution in [0.2, 0.25) is 5.15 Å². The number of amides is 2. The molecule has 3 heterocycles. The Morgan fingerprint density at radius 2 is 2.10 bits per heavy atom. The van der Waals surface area contributed by atoms with Crippen LogP contribution >= 0.6 is 11.6 Å². The zero-order chi connectivity index (χ0) is 20.4. The van der Waals surface area contributed by atoms with Gasteiger partial charge < -0.3 is 19.7 Å². The minimum absolute atomic E-state index is 0.000257. The molecule has 1 fully saturated rings. The van der Waals surface area contributed by atoms with Crippen molar-refractivity contribution < 1.29 is 19.1 Å². The average Bonchev–Trinajstić information content (AvgIpc) is 2.72. The molecule has 8 heteroatoms. The summed E-state index contributed by atoms with van der Waals surface area (Å²) in [6.45, 7) is 3.75. The van der Waals surface area contributed by atoms with Gasteiger partial charge in [-0.1, -0.05) is 11.6 Å². The Labute approximate surface area is 174 Å². The van der Waals surface area contributed by atoms with E-state index >= 15 is 0 Å². The van der Waals surface area contributed by atoms with Crippen LogP contribution in [0.1, 0.15) is 28.9 Å². The lowest BCUT2D eigenvalue weighted by atomic mass is 9.97. The fourth-order valence-electron chi connectivity index (χ4n) is 3.53. The number of ether oxygens (including phenoxy) is 2. The molecule has 1 saturated heterocycles. The molecule has 1 N–H and O–H groups in total. The number of aryl methyl sites for hydroxylation is 1. The second-order valence-electron chi connectivity index (χ2n) is 7.34. The lowest BCUT2D eigenvalue weighted by Crippen LogP contribution is -2.39. The maximum absolute atomic E-state index is 12.8. The van der Waals surface area contributed by atoms with E-state index in [-0.39, 0.29) is 18.4 Å². The van der Waals surface area contributed by atoms with Crippen LogP contribution in [0.4, 0.5) is 5.69 Å². The fraction of sp³-hybridized carbons (Fsp3) is 0.381. The first kappa shape index (κ1) is 19.5. The monoisotopic (exact) mass is 415 g/mol. The van der Waals surface area contributed by atoms with E-state index in [0.717, 1.165) is 18.5 Å². The number of nitrogens with one attached hydrogen (secondary N) is 1. The van der Waals surface area contributed by atoms with Gasteiger partial charge in [0.05, 0.1) is 12.3 Å². The molecule has 29 heavy (non-hydrogen) atoms. The number of halogens is 1. The van der Waals surface area contributed by atoms with Gasteiger partial charge in [0.1, 0.15) is 5.75 Å². The van der Waals surface area contributed by atoms with Crippen molar-refractivity contribution in [2.24, 2.45) is 5.92 Å². The van der Waals surface area contributed by atoms with Crippen LogP contribution in [0, 0.1) is 12.8 Å². The summed E-state index contributed by atoms with van der Waals surface area (Å²) in [6, 6.07) is 8.84. The zero-order valence-corrected chi connectivity index (χ0v) is 16.9. The molecule has 0 bridgehead atoms. The number of carbonyl (C=O) groups excluding carboxylic acids is 2. The summed E-state index contributed by atoms with van der Waals surface area (Å²) in [5, 5.41) is 3.11. The van der Waals surface area contributed by atoms with E-state index in [1.807, 2.05) is 24.0 Å². The maximum Gasteiger partial charge on any atom is 0.262 e. The SMILES string of the molecule is Cc1ccc(OCC2CCN(C(=O)c3ccc4c(c3)NC(=O)CO4)CC2)c(Cl)n1. The molecule has 2 aliphatic heterocycles. The largest absolute Gasteiger partial charge is 0.490 e. The summed E-state index contributed by atoms with van der Waals surface area (Å²) in [7, 11) is 0. The van der Waals surface area contributed by atoms with Crippen LogP contribution in [-0.4, -0.2) is 48.0 Å². The lowest BCUT2D eigenvalue weighted by molar-refractivity contribution is -0.118. The summed E-state index contributed by atoms with van der Waals surface area (Å²) in [5.74, 6) is 1.27. The number of hydrogen-bond donors (Lipinski definition) is 1. The van der Waals surface area contributed by atoms with Crippen LogP contribution in [0.5, 0.6) is 11.5 Å². The second-order valence-corrected chi connectivity index (χ2v) is 7.69. The quantitative estimate of drug-likeness (QED) is 0.775. The fourth-order valence-corrected chi connectivity index (χ4v) is 3.78. The number of aromatic nitrogens is 1. The zero-order valence-electron chi connectivity index (χ0n) is 16.1. The highest BCUT2D eigenvalue weighted by molar-refractivity contribution is 6.30. The van der Waals surface area contributed by atoms with Gasteiger partial charge in [-0.05, 0) is 56.0 Å². The van der Waals surface area contributed by atoms with Crippen LogP contribution < -0.4 is 14.8 Å². The maximum atomic E-state index is 12.8. The van der Waals surface area contributed by atoms with Crippen LogP contribution in [0.15, 0.2) is 30.3 Å². The molecule has 1 aromatic heterocycles. The predicted molar refractivity (Wildman–Crippen MR) is 109 cm³/mol. The van der Waals surface area contributed by atoms with Crippen LogP contribution in [0.3, 0.4) is 0 Å². The van der Waals surface area contributed by atoms with E-state index in [2.05, 4.69) is 10.3 Å². The summed E-state index contributed by atoms with van der Waals surface area (Å²) in [4.78, 5) is 30.4. The molecule has 1 aromatic carbocycles. The van der Waals surface area contributed by atoms with Crippen LogP contribution in [-0.2, 0) is 4.79 Å². The number of carbonyl (C=O) groups is 2. The van der Waals surface area contributed by atoms with Crippen molar-refractivity contribution in [2.75, 3.05) is 31.6 Å². The first-order valence-corrected chi connectivity index (χ1v) is 9.99. The molecule has 0 unspecified atom stereocenters. The third kappa shape index (κ3) is 4.45. The van der Waals surface area contributed by atoms with Gasteiger partial charge in [0.2, 0.25) is 0 Å². The van der Waals surface area contributed by atoms with Crippen molar-refractivity contribution in [2.45, 2.75) is 19.8 Å². The summed E-state index contributed by atoms with van der Waals surface area (Å²) in [5.41, 5.74) is 1.93. The number of piperidine rings is 1. The number of anilines is 1. The molecule has 0 saturated carbocycles. The molecule has 4 rings (SSSR count). The van der Waals surface area contributed by atoms with Gasteiger partial charge in [0, 0.05) is 24.3 Å². The Morgan fingerprint density at radius 3 is 2.86 bits per heavy atom.